The van der Waals surface area contributed by atoms with Gasteiger partial charge in [0.1, 0.15) is 58.7 Å². The Balaban J connectivity index is 0. The van der Waals surface area contributed by atoms with Crippen molar-refractivity contribution >= 4 is 125 Å². The first-order valence-corrected chi connectivity index (χ1v) is 20.4. The molecule has 0 aliphatic carbocycles. The third-order valence-corrected chi connectivity index (χ3v) is 11.1. The molecule has 6 aromatic rings. The topological polar surface area (TPSA) is 328 Å². The fraction of sp³-hybridized carbons (Fsp3) is 0.229. The number of halogens is 1. The normalized spacial score (nSPS) is 12.3. The number of fused-ring (bicyclic) bond motifs is 3. The molecule has 0 fully saturated rings. The number of aliphatic carboxylic acids is 2. The number of carbonyl (C=O) groups is 3. The standard InChI is InChI=1S/C13H12N2O4S2.C10H8N2O2S.C8H4N2OS.C3H7NO2S.CH2O3.ClH.2K.H/c16-3-4-19-7-1-2-8-10(5-7)21-12(14-8)11-15-9(6-20-11)13(17)18;11-6-10-12-8-2-1-7(14-4-3-13)5-9(8)15-10;9-4-8-10-6-2-1-5(11)3-7(6)12-8;4-2(1-7)3(5)6;2-1-4-3;;;;/h1-2,5,9,16H,3-4,6H2,(H,17,18);1-2,5,13H,3-4H2;1-3,11H;2,7H,1,4H2,(H,5,6);1,3H;1H;;;/q;;;;;;2*+1;-1/p-1/t9-;;;;;;;;/m1......../s1. The second-order valence-electron chi connectivity index (χ2n) is 10.8. The van der Waals surface area contributed by atoms with E-state index in [1.165, 1.54) is 45.8 Å². The number of thioether (sulfide) groups is 1. The van der Waals surface area contributed by atoms with Gasteiger partial charge in [0.25, 0.3) is 6.47 Å². The molecule has 4 heterocycles. The van der Waals surface area contributed by atoms with Gasteiger partial charge in [-0.1, -0.05) is 0 Å². The minimum Gasteiger partial charge on any atom is -1.00 e. The molecule has 0 spiro atoms. The fourth-order valence-corrected chi connectivity index (χ4v) is 7.95. The van der Waals surface area contributed by atoms with Gasteiger partial charge >= 0.3 is 115 Å². The van der Waals surface area contributed by atoms with Crippen LogP contribution in [0.5, 0.6) is 17.2 Å². The first-order chi connectivity index (χ1) is 28.4. The summed E-state index contributed by atoms with van der Waals surface area (Å²) in [5.41, 5.74) is 7.32. The Morgan fingerprint density at radius 2 is 1.35 bits per heavy atom. The number of thiol groups is 1. The molecule has 7 rings (SSSR count). The molecule has 0 saturated carbocycles. The molecule has 0 saturated heterocycles. The molecule has 0 bridgehead atoms. The van der Waals surface area contributed by atoms with Gasteiger partial charge in [0, 0.05) is 11.5 Å². The predicted molar refractivity (Wildman–Crippen MR) is 231 cm³/mol. The molecule has 1 aliphatic rings. The van der Waals surface area contributed by atoms with Crippen molar-refractivity contribution in [3.8, 4) is 29.4 Å². The molecule has 3 aromatic carbocycles. The molecule has 7 N–H and O–H groups in total. The van der Waals surface area contributed by atoms with Gasteiger partial charge < -0.3 is 52.3 Å². The molecular weight excluding hydrogens is 984 g/mol. The molecule has 320 valence electrons. The average Bonchev–Trinajstić information content (AvgIpc) is 4.07. The number of aromatic nitrogens is 3. The van der Waals surface area contributed by atoms with E-state index in [1.807, 2.05) is 30.3 Å². The van der Waals surface area contributed by atoms with Crippen LogP contribution in [-0.2, 0) is 19.3 Å². The van der Waals surface area contributed by atoms with E-state index in [4.69, 9.17) is 61.3 Å². The smallest absolute Gasteiger partial charge is 1.00 e. The van der Waals surface area contributed by atoms with Crippen molar-refractivity contribution in [3.05, 3.63) is 69.6 Å². The zero-order chi connectivity index (χ0) is 43.3. The summed E-state index contributed by atoms with van der Waals surface area (Å²) >= 11 is 9.13. The largest absolute Gasteiger partial charge is 1.00 e. The van der Waals surface area contributed by atoms with Crippen molar-refractivity contribution in [2.24, 2.45) is 10.7 Å². The molecule has 62 heavy (non-hydrogen) atoms. The van der Waals surface area contributed by atoms with Crippen LogP contribution < -0.4 is 123 Å². The summed E-state index contributed by atoms with van der Waals surface area (Å²) < 4.78 is 13.3. The second-order valence-corrected chi connectivity index (χ2v) is 15.2. The number of thiazole rings is 3. The molecule has 27 heteroatoms. The van der Waals surface area contributed by atoms with Gasteiger partial charge in [-0.25, -0.2) is 19.7 Å². The number of aliphatic hydroxyl groups excluding tert-OH is 2. The maximum absolute atomic E-state index is 10.9. The number of rotatable bonds is 11. The predicted octanol–water partition coefficient (Wildman–Crippen LogP) is -2.67. The Bertz CT molecular complexity index is 2470. The molecular formula is C35H34ClK2N7O12S5. The number of nitrogens with zero attached hydrogens (tertiary/aromatic N) is 6. The van der Waals surface area contributed by atoms with Crippen LogP contribution in [0.4, 0.5) is 0 Å². The number of carbonyl (C=O) groups excluding carboxylic acids is 1. The summed E-state index contributed by atoms with van der Waals surface area (Å²) in [6.45, 7) is 0.301. The van der Waals surface area contributed by atoms with Gasteiger partial charge in [-0.15, -0.1) is 58.2 Å². The van der Waals surface area contributed by atoms with E-state index in [0.29, 0.717) is 32.3 Å². The summed E-state index contributed by atoms with van der Waals surface area (Å²) in [6.07, 6.45) is 0. The number of aromatic hydroxyl groups is 1. The van der Waals surface area contributed by atoms with Gasteiger partial charge in [0.2, 0.25) is 0 Å². The minimum atomic E-state index is -1.00. The first kappa shape index (κ1) is 59.9. The zero-order valence-electron chi connectivity index (χ0n) is 33.5. The van der Waals surface area contributed by atoms with E-state index in [1.54, 1.807) is 36.4 Å². The van der Waals surface area contributed by atoms with Gasteiger partial charge in [0.05, 0.1) is 43.9 Å². The Morgan fingerprint density at radius 1 is 0.887 bits per heavy atom. The number of aliphatic imine (C=N–C) groups is 1. The number of phenols is 1. The number of aliphatic hydroxyl groups is 2. The Hall–Kier alpha value is -2.11. The number of carboxylic acid groups (broad SMARTS) is 2. The monoisotopic (exact) mass is 1020 g/mol. The van der Waals surface area contributed by atoms with Crippen LogP contribution in [0.3, 0.4) is 0 Å². The molecule has 19 nitrogen and oxygen atoms in total. The number of phenolic OH excluding ortho intramolecular Hbond substituents is 1. The van der Waals surface area contributed by atoms with Crippen molar-refractivity contribution < 1.29 is 164 Å². The number of nitrogens with two attached hydrogens (primary N) is 1. The van der Waals surface area contributed by atoms with Crippen LogP contribution in [0.2, 0.25) is 0 Å². The van der Waals surface area contributed by atoms with Crippen molar-refractivity contribution in [3.63, 3.8) is 0 Å². The van der Waals surface area contributed by atoms with Crippen LogP contribution in [0.15, 0.2) is 59.6 Å². The quantitative estimate of drug-likeness (QED) is 0.0229. The molecule has 1 aliphatic heterocycles. The summed E-state index contributed by atoms with van der Waals surface area (Å²) in [5, 5.41) is 71.4. The average molecular weight is 1020 g/mol. The van der Waals surface area contributed by atoms with Crippen molar-refractivity contribution in [2.75, 3.05) is 37.9 Å². The van der Waals surface area contributed by atoms with Crippen molar-refractivity contribution in [2.45, 2.75) is 12.1 Å². The molecule has 0 radical (unpaired) electrons. The number of nitriles is 2. The number of hydrogen-bond donors (Lipinski definition) is 7. The van der Waals surface area contributed by atoms with E-state index in [-0.39, 0.29) is 161 Å². The van der Waals surface area contributed by atoms with Gasteiger partial charge in [-0.3, -0.25) is 14.6 Å². The molecule has 3 aromatic heterocycles. The van der Waals surface area contributed by atoms with E-state index in [2.05, 4.69) is 37.5 Å². The third kappa shape index (κ3) is 20.0. The maximum Gasteiger partial charge on any atom is 1.00 e. The van der Waals surface area contributed by atoms with Crippen molar-refractivity contribution in [1.82, 2.24) is 15.0 Å². The van der Waals surface area contributed by atoms with Crippen molar-refractivity contribution in [1.29, 1.82) is 10.5 Å². The Morgan fingerprint density at radius 3 is 1.76 bits per heavy atom. The molecule has 0 amide bonds. The van der Waals surface area contributed by atoms with Crippen LogP contribution in [0.25, 0.3) is 30.6 Å². The van der Waals surface area contributed by atoms with Gasteiger partial charge in [-0.2, -0.15) is 23.2 Å². The number of benzene rings is 3. The van der Waals surface area contributed by atoms with Crippen LogP contribution in [0.1, 0.15) is 16.4 Å². The van der Waals surface area contributed by atoms with Gasteiger partial charge in [0.15, 0.2) is 16.1 Å². The maximum atomic E-state index is 10.9. The van der Waals surface area contributed by atoms with Gasteiger partial charge in [-0.05, 0) is 54.6 Å². The second kappa shape index (κ2) is 32.5. The Labute approximate surface area is 467 Å². The van der Waals surface area contributed by atoms with Crippen LogP contribution >= 0.6 is 70.8 Å². The fourth-order valence-electron chi connectivity index (χ4n) is 4.11. The summed E-state index contributed by atoms with van der Waals surface area (Å²) in [7, 11) is 0. The van der Waals surface area contributed by atoms with E-state index in [9.17, 15) is 9.59 Å². The summed E-state index contributed by atoms with van der Waals surface area (Å²) in [5.74, 6) is 0.297. The van der Waals surface area contributed by atoms with Crippen LogP contribution in [0, 0.1) is 22.7 Å². The van der Waals surface area contributed by atoms with E-state index >= 15 is 0 Å². The number of carboxylic acids is 2. The SMILES string of the molecule is Cl.N#Cc1nc2ccc(O)cc2s1.N#Cc1nc2ccc(OCCO)cc2s1.NC(CS)C(=O)O.O=C(O)[C@H]1CSC(c2nc3ccc(OCCO)cc3s2)=N1.O=CO[O-].[H-].[K+].[K+]. The summed E-state index contributed by atoms with van der Waals surface area (Å²) in [6, 6.07) is 18.2. The summed E-state index contributed by atoms with van der Waals surface area (Å²) in [4.78, 5) is 48.7. The molecule has 2 atom stereocenters. The first-order valence-electron chi connectivity index (χ1n) is 16.3. The Kier molecular flexibility index (Phi) is 31.4. The minimum absolute atomic E-state index is 0. The number of hydrogen-bond acceptors (Lipinski definition) is 22. The number of ether oxygens (including phenoxy) is 2. The van der Waals surface area contributed by atoms with Crippen LogP contribution in [-0.4, -0.2) is 114 Å². The zero-order valence-corrected chi connectivity index (χ0v) is 43.7. The van der Waals surface area contributed by atoms with E-state index in [0.717, 1.165) is 35.7 Å². The molecule has 1 unspecified atom stereocenters. The third-order valence-electron chi connectivity index (χ3n) is 6.68. The van der Waals surface area contributed by atoms with E-state index < -0.39 is 24.0 Å².